The van der Waals surface area contributed by atoms with Gasteiger partial charge < -0.3 is 10.6 Å². The van der Waals surface area contributed by atoms with E-state index >= 15 is 0 Å². The van der Waals surface area contributed by atoms with Crippen LogP contribution in [0.15, 0.2) is 0 Å². The third-order valence-corrected chi connectivity index (χ3v) is 3.85. The molecule has 0 heterocycles. The summed E-state index contributed by atoms with van der Waals surface area (Å²) in [5.41, 5.74) is 5.77. The molecule has 2 fully saturated rings. The summed E-state index contributed by atoms with van der Waals surface area (Å²) in [5.74, 6) is 0.970. The van der Waals surface area contributed by atoms with E-state index in [-0.39, 0.29) is 5.91 Å². The van der Waals surface area contributed by atoms with Crippen LogP contribution in [0.2, 0.25) is 0 Å². The summed E-state index contributed by atoms with van der Waals surface area (Å²) in [6.07, 6.45) is 4.90. The molecule has 1 atom stereocenters. The van der Waals surface area contributed by atoms with Gasteiger partial charge in [0.25, 0.3) is 0 Å². The molecule has 0 aromatic rings. The first kappa shape index (κ1) is 11.9. The van der Waals surface area contributed by atoms with Crippen LogP contribution in [-0.2, 0) is 4.79 Å². The molecule has 92 valence electrons. The minimum Gasteiger partial charge on any atom is -0.342 e. The Hall–Kier alpha value is -0.610. The fourth-order valence-electron chi connectivity index (χ4n) is 2.32. The van der Waals surface area contributed by atoms with Crippen LogP contribution in [0.5, 0.6) is 0 Å². The van der Waals surface area contributed by atoms with Gasteiger partial charge in [-0.05, 0) is 38.6 Å². The molecule has 2 N–H and O–H groups in total. The molecule has 2 aliphatic rings. The Labute approximate surface area is 97.8 Å². The molecule has 1 amide bonds. The van der Waals surface area contributed by atoms with Gasteiger partial charge in [-0.15, -0.1) is 0 Å². The molecule has 0 aliphatic heterocycles. The Morgan fingerprint density at radius 2 is 1.94 bits per heavy atom. The second kappa shape index (κ2) is 4.72. The number of amides is 1. The van der Waals surface area contributed by atoms with E-state index in [1.54, 1.807) is 0 Å². The highest BCUT2D eigenvalue weighted by Gasteiger charge is 2.35. The highest BCUT2D eigenvalue weighted by atomic mass is 16.2. The molecule has 16 heavy (non-hydrogen) atoms. The van der Waals surface area contributed by atoms with Gasteiger partial charge in [-0.3, -0.25) is 9.69 Å². The van der Waals surface area contributed by atoms with Gasteiger partial charge in [0.05, 0.1) is 6.54 Å². The number of rotatable bonds is 6. The zero-order valence-electron chi connectivity index (χ0n) is 10.4. The van der Waals surface area contributed by atoms with Crippen molar-refractivity contribution in [2.75, 3.05) is 27.2 Å². The van der Waals surface area contributed by atoms with Crippen molar-refractivity contribution in [1.29, 1.82) is 0 Å². The Morgan fingerprint density at radius 1 is 1.31 bits per heavy atom. The van der Waals surface area contributed by atoms with Crippen LogP contribution < -0.4 is 5.73 Å². The van der Waals surface area contributed by atoms with Crippen molar-refractivity contribution in [2.45, 2.75) is 37.8 Å². The van der Waals surface area contributed by atoms with Crippen LogP contribution in [0, 0.1) is 5.92 Å². The van der Waals surface area contributed by atoms with Crippen molar-refractivity contribution < 1.29 is 4.79 Å². The molecule has 0 bridgehead atoms. The van der Waals surface area contributed by atoms with E-state index in [4.69, 9.17) is 5.73 Å². The van der Waals surface area contributed by atoms with Crippen molar-refractivity contribution >= 4 is 5.91 Å². The second-order valence-corrected chi connectivity index (χ2v) is 5.29. The summed E-state index contributed by atoms with van der Waals surface area (Å²) in [6.45, 7) is 1.19. The molecule has 4 nitrogen and oxygen atoms in total. The Balaban J connectivity index is 1.80. The highest BCUT2D eigenvalue weighted by molar-refractivity contribution is 5.78. The average molecular weight is 225 g/mol. The largest absolute Gasteiger partial charge is 0.342 e. The first-order valence-corrected chi connectivity index (χ1v) is 6.29. The van der Waals surface area contributed by atoms with Gasteiger partial charge in [0, 0.05) is 25.7 Å². The van der Waals surface area contributed by atoms with Crippen LogP contribution in [0.3, 0.4) is 0 Å². The quantitative estimate of drug-likeness (QED) is 0.706. The SMILES string of the molecule is CN(CC(=O)N(C)C1CC1)C(CN)C1CC1. The lowest BCUT2D eigenvalue weighted by Gasteiger charge is -2.28. The summed E-state index contributed by atoms with van der Waals surface area (Å²) in [4.78, 5) is 16.0. The van der Waals surface area contributed by atoms with E-state index in [9.17, 15) is 4.79 Å². The van der Waals surface area contributed by atoms with Crippen LogP contribution >= 0.6 is 0 Å². The normalized spacial score (nSPS) is 22.2. The average Bonchev–Trinajstić information content (AvgIpc) is 3.10. The summed E-state index contributed by atoms with van der Waals surface area (Å²) in [6, 6.07) is 0.912. The zero-order valence-corrected chi connectivity index (χ0v) is 10.4. The summed E-state index contributed by atoms with van der Waals surface area (Å²) < 4.78 is 0. The standard InChI is InChI=1S/C12H23N3O/c1-14(11(7-13)9-3-4-9)8-12(16)15(2)10-5-6-10/h9-11H,3-8,13H2,1-2H3. The van der Waals surface area contributed by atoms with Crippen LogP contribution in [0.25, 0.3) is 0 Å². The first-order chi connectivity index (χ1) is 7.63. The smallest absolute Gasteiger partial charge is 0.236 e. The molecular weight excluding hydrogens is 202 g/mol. The zero-order chi connectivity index (χ0) is 11.7. The molecule has 4 heteroatoms. The van der Waals surface area contributed by atoms with Gasteiger partial charge in [-0.25, -0.2) is 0 Å². The van der Waals surface area contributed by atoms with E-state index in [0.29, 0.717) is 25.2 Å². The highest BCUT2D eigenvalue weighted by Crippen LogP contribution is 2.34. The number of hydrogen-bond acceptors (Lipinski definition) is 3. The number of nitrogens with zero attached hydrogens (tertiary/aromatic N) is 2. The third-order valence-electron chi connectivity index (χ3n) is 3.85. The molecule has 2 saturated carbocycles. The Kier molecular flexibility index (Phi) is 3.50. The van der Waals surface area contributed by atoms with Gasteiger partial charge in [0.2, 0.25) is 5.91 Å². The predicted octanol–water partition coefficient (Wildman–Crippen LogP) is 0.276. The van der Waals surface area contributed by atoms with Gasteiger partial charge in [0.15, 0.2) is 0 Å². The van der Waals surface area contributed by atoms with Gasteiger partial charge in [0.1, 0.15) is 0 Å². The van der Waals surface area contributed by atoms with Crippen molar-refractivity contribution in [2.24, 2.45) is 11.7 Å². The lowest BCUT2D eigenvalue weighted by molar-refractivity contribution is -0.131. The van der Waals surface area contributed by atoms with E-state index in [1.807, 2.05) is 19.0 Å². The van der Waals surface area contributed by atoms with Gasteiger partial charge >= 0.3 is 0 Å². The minimum absolute atomic E-state index is 0.240. The maximum absolute atomic E-state index is 11.9. The maximum atomic E-state index is 11.9. The first-order valence-electron chi connectivity index (χ1n) is 6.29. The van der Waals surface area contributed by atoms with Gasteiger partial charge in [-0.2, -0.15) is 0 Å². The molecule has 0 spiro atoms. The van der Waals surface area contributed by atoms with Gasteiger partial charge in [-0.1, -0.05) is 0 Å². The van der Waals surface area contributed by atoms with Crippen molar-refractivity contribution in [3.05, 3.63) is 0 Å². The fourth-order valence-corrected chi connectivity index (χ4v) is 2.32. The molecule has 0 aromatic carbocycles. The summed E-state index contributed by atoms with van der Waals surface area (Å²) in [7, 11) is 3.94. The summed E-state index contributed by atoms with van der Waals surface area (Å²) >= 11 is 0. The van der Waals surface area contributed by atoms with Crippen LogP contribution in [0.4, 0.5) is 0 Å². The second-order valence-electron chi connectivity index (χ2n) is 5.29. The van der Waals surface area contributed by atoms with Crippen LogP contribution in [0.1, 0.15) is 25.7 Å². The lowest BCUT2D eigenvalue weighted by atomic mass is 10.1. The number of likely N-dealkylation sites (N-methyl/N-ethyl adjacent to an activating group) is 2. The van der Waals surface area contributed by atoms with E-state index in [0.717, 1.165) is 5.92 Å². The molecule has 2 aliphatic carbocycles. The molecule has 0 radical (unpaired) electrons. The van der Waals surface area contributed by atoms with Crippen LogP contribution in [-0.4, -0.2) is 55.0 Å². The number of nitrogens with two attached hydrogens (primary N) is 1. The van der Waals surface area contributed by atoms with Crippen molar-refractivity contribution in [3.8, 4) is 0 Å². The number of carbonyl (C=O) groups is 1. The number of carbonyl (C=O) groups excluding carboxylic acids is 1. The van der Waals surface area contributed by atoms with Crippen molar-refractivity contribution in [3.63, 3.8) is 0 Å². The minimum atomic E-state index is 0.240. The molecular formula is C12H23N3O. The monoisotopic (exact) mass is 225 g/mol. The Bertz CT molecular complexity index is 261. The summed E-state index contributed by atoms with van der Waals surface area (Å²) in [5, 5.41) is 0. The topological polar surface area (TPSA) is 49.6 Å². The fraction of sp³-hybridized carbons (Fsp3) is 0.917. The number of hydrogen-bond donors (Lipinski definition) is 1. The molecule has 2 rings (SSSR count). The van der Waals surface area contributed by atoms with Crippen molar-refractivity contribution in [1.82, 2.24) is 9.80 Å². The van der Waals surface area contributed by atoms with E-state index in [1.165, 1.54) is 25.7 Å². The maximum Gasteiger partial charge on any atom is 0.236 e. The van der Waals surface area contributed by atoms with E-state index < -0.39 is 0 Å². The Morgan fingerprint density at radius 3 is 2.38 bits per heavy atom. The third kappa shape index (κ3) is 2.74. The molecule has 0 aromatic heterocycles. The molecule has 1 unspecified atom stereocenters. The molecule has 0 saturated heterocycles. The predicted molar refractivity (Wildman–Crippen MR) is 64.0 cm³/mol. The lowest BCUT2D eigenvalue weighted by Crippen LogP contribution is -2.45. The van der Waals surface area contributed by atoms with E-state index in [2.05, 4.69) is 4.90 Å².